The van der Waals surface area contributed by atoms with Crippen LogP contribution >= 0.6 is 23.6 Å². The molecule has 1 atom stereocenters. The Morgan fingerprint density at radius 1 is 1.48 bits per heavy atom. The summed E-state index contributed by atoms with van der Waals surface area (Å²) in [5.41, 5.74) is 3.23. The smallest absolute Gasteiger partial charge is 0.216 e. The topological polar surface area (TPSA) is 73.0 Å². The number of nitrogens with zero attached hydrogens (tertiary/aromatic N) is 5. The average molecular weight is 374 g/mol. The van der Waals surface area contributed by atoms with E-state index in [0.29, 0.717) is 4.77 Å². The second-order valence-corrected chi connectivity index (χ2v) is 7.18. The van der Waals surface area contributed by atoms with E-state index in [9.17, 15) is 0 Å². The lowest BCUT2D eigenvalue weighted by Gasteiger charge is -2.07. The van der Waals surface area contributed by atoms with Crippen molar-refractivity contribution < 1.29 is 4.74 Å². The number of thiazole rings is 1. The molecule has 7 nitrogen and oxygen atoms in total. The number of hydrogen-bond acceptors (Lipinski definition) is 6. The first-order valence-electron chi connectivity index (χ1n) is 8.07. The summed E-state index contributed by atoms with van der Waals surface area (Å²) in [6.07, 6.45) is 5.55. The second kappa shape index (κ2) is 6.66. The van der Waals surface area contributed by atoms with Crippen LogP contribution in [-0.2, 0) is 4.74 Å². The Kier molecular flexibility index (Phi) is 4.36. The van der Waals surface area contributed by atoms with Gasteiger partial charge in [0.15, 0.2) is 11.0 Å². The van der Waals surface area contributed by atoms with E-state index in [2.05, 4.69) is 44.8 Å². The second-order valence-electron chi connectivity index (χ2n) is 5.92. The van der Waals surface area contributed by atoms with Gasteiger partial charge < -0.3 is 4.74 Å². The minimum Gasteiger partial charge on any atom is -0.370 e. The molecule has 0 amide bonds. The highest BCUT2D eigenvalue weighted by Gasteiger charge is 2.23. The number of aryl methyl sites for hydroxylation is 1. The molecule has 4 heterocycles. The Balaban J connectivity index is 1.69. The van der Waals surface area contributed by atoms with E-state index in [0.717, 1.165) is 47.4 Å². The Morgan fingerprint density at radius 2 is 2.36 bits per heavy atom. The van der Waals surface area contributed by atoms with Crippen molar-refractivity contribution in [1.82, 2.24) is 24.4 Å². The van der Waals surface area contributed by atoms with Crippen LogP contribution in [0.5, 0.6) is 0 Å². The fraction of sp³-hybridized carbons (Fsp3) is 0.375. The van der Waals surface area contributed by atoms with Gasteiger partial charge in [0, 0.05) is 35.1 Å². The Morgan fingerprint density at radius 3 is 3.08 bits per heavy atom. The third-order valence-corrected chi connectivity index (χ3v) is 5.31. The van der Waals surface area contributed by atoms with Crippen LogP contribution in [0.1, 0.15) is 41.7 Å². The minimum atomic E-state index is -0.0483. The fourth-order valence-electron chi connectivity index (χ4n) is 3.06. The van der Waals surface area contributed by atoms with E-state index in [4.69, 9.17) is 17.0 Å². The summed E-state index contributed by atoms with van der Waals surface area (Å²) in [6.45, 7) is 4.88. The van der Waals surface area contributed by atoms with E-state index >= 15 is 0 Å². The van der Waals surface area contributed by atoms with Crippen molar-refractivity contribution in [1.29, 1.82) is 0 Å². The van der Waals surface area contributed by atoms with Gasteiger partial charge >= 0.3 is 0 Å². The van der Waals surface area contributed by atoms with Crippen LogP contribution in [0.3, 0.4) is 0 Å². The Hall–Kier alpha value is -2.10. The lowest BCUT2D eigenvalue weighted by atomic mass is 10.2. The maximum absolute atomic E-state index is 5.71. The number of hydrogen-bond donors (Lipinski definition) is 1. The molecule has 0 bridgehead atoms. The average Bonchev–Trinajstić information content (AvgIpc) is 3.35. The predicted molar refractivity (Wildman–Crippen MR) is 99.2 cm³/mol. The van der Waals surface area contributed by atoms with E-state index in [1.54, 1.807) is 16.0 Å². The quantitative estimate of drug-likeness (QED) is 0.560. The van der Waals surface area contributed by atoms with Gasteiger partial charge in [-0.05, 0) is 45.0 Å². The minimum absolute atomic E-state index is 0.0483. The molecular formula is C16H18N6OS2. The summed E-state index contributed by atoms with van der Waals surface area (Å²) >= 11 is 6.92. The maximum atomic E-state index is 5.71. The van der Waals surface area contributed by atoms with Gasteiger partial charge in [-0.15, -0.1) is 11.3 Å². The van der Waals surface area contributed by atoms with Crippen molar-refractivity contribution in [3.05, 3.63) is 45.2 Å². The molecule has 1 saturated heterocycles. The van der Waals surface area contributed by atoms with Gasteiger partial charge in [0.2, 0.25) is 4.77 Å². The molecule has 1 aliphatic rings. The third-order valence-electron chi connectivity index (χ3n) is 4.29. The van der Waals surface area contributed by atoms with Crippen LogP contribution in [0.15, 0.2) is 22.7 Å². The molecule has 3 aromatic heterocycles. The van der Waals surface area contributed by atoms with Gasteiger partial charge in [0.05, 0.1) is 6.21 Å². The summed E-state index contributed by atoms with van der Waals surface area (Å²) < 4.78 is 9.95. The van der Waals surface area contributed by atoms with Crippen molar-refractivity contribution in [3.8, 4) is 5.13 Å². The number of rotatable bonds is 4. The monoisotopic (exact) mass is 374 g/mol. The summed E-state index contributed by atoms with van der Waals surface area (Å²) in [4.78, 5) is 4.40. The third kappa shape index (κ3) is 2.99. The molecule has 9 heteroatoms. The molecule has 0 unspecified atom stereocenters. The molecule has 1 aliphatic heterocycles. The molecule has 0 saturated carbocycles. The number of nitrogens with one attached hydrogen (secondary N) is 1. The molecule has 4 rings (SSSR count). The van der Waals surface area contributed by atoms with E-state index in [1.165, 1.54) is 0 Å². The summed E-state index contributed by atoms with van der Waals surface area (Å²) in [6, 6.07) is 2.09. The summed E-state index contributed by atoms with van der Waals surface area (Å²) in [7, 11) is 0. The molecule has 1 N–H and O–H groups in total. The van der Waals surface area contributed by atoms with Crippen molar-refractivity contribution in [2.45, 2.75) is 32.8 Å². The maximum Gasteiger partial charge on any atom is 0.216 e. The van der Waals surface area contributed by atoms with E-state index < -0.39 is 0 Å². The SMILES string of the molecule is Cc1cc(/C=N\n2c([C@@H]3CCCO3)n[nH]c2=S)c(C)n1-c1nccs1. The van der Waals surface area contributed by atoms with Gasteiger partial charge in [-0.1, -0.05) is 0 Å². The number of aromatic nitrogens is 5. The lowest BCUT2D eigenvalue weighted by Crippen LogP contribution is -2.05. The van der Waals surface area contributed by atoms with Crippen LogP contribution in [-0.4, -0.2) is 37.2 Å². The van der Waals surface area contributed by atoms with Gasteiger partial charge in [0.25, 0.3) is 0 Å². The largest absolute Gasteiger partial charge is 0.370 e. The Bertz CT molecular complexity index is 960. The molecule has 0 aromatic carbocycles. The molecule has 0 aliphatic carbocycles. The van der Waals surface area contributed by atoms with Crippen LogP contribution in [0.4, 0.5) is 0 Å². The zero-order valence-corrected chi connectivity index (χ0v) is 15.6. The van der Waals surface area contributed by atoms with E-state index in [-0.39, 0.29) is 6.10 Å². The van der Waals surface area contributed by atoms with Crippen LogP contribution in [0, 0.1) is 18.6 Å². The Labute approximate surface area is 154 Å². The van der Waals surface area contributed by atoms with E-state index in [1.807, 2.05) is 17.8 Å². The van der Waals surface area contributed by atoms with Crippen molar-refractivity contribution in [2.75, 3.05) is 6.61 Å². The van der Waals surface area contributed by atoms with Crippen molar-refractivity contribution >= 4 is 29.8 Å². The van der Waals surface area contributed by atoms with Gasteiger partial charge in [-0.3, -0.25) is 9.67 Å². The molecule has 0 spiro atoms. The van der Waals surface area contributed by atoms with Gasteiger partial charge in [-0.2, -0.15) is 14.9 Å². The zero-order valence-electron chi connectivity index (χ0n) is 14.0. The van der Waals surface area contributed by atoms with Crippen LogP contribution < -0.4 is 0 Å². The summed E-state index contributed by atoms with van der Waals surface area (Å²) in [5, 5.41) is 14.6. The molecule has 3 aromatic rings. The molecule has 1 fully saturated rings. The number of H-pyrrole nitrogens is 1. The molecule has 25 heavy (non-hydrogen) atoms. The first-order chi connectivity index (χ1) is 12.1. The highest BCUT2D eigenvalue weighted by Crippen LogP contribution is 2.27. The first-order valence-corrected chi connectivity index (χ1v) is 9.36. The fourth-order valence-corrected chi connectivity index (χ4v) is 4.00. The zero-order chi connectivity index (χ0) is 17.4. The van der Waals surface area contributed by atoms with Crippen molar-refractivity contribution in [3.63, 3.8) is 0 Å². The molecular weight excluding hydrogens is 356 g/mol. The van der Waals surface area contributed by atoms with Crippen molar-refractivity contribution in [2.24, 2.45) is 5.10 Å². The highest BCUT2D eigenvalue weighted by molar-refractivity contribution is 7.71. The lowest BCUT2D eigenvalue weighted by molar-refractivity contribution is 0.102. The first kappa shape index (κ1) is 16.4. The summed E-state index contributed by atoms with van der Waals surface area (Å²) in [5.74, 6) is 0.729. The van der Waals surface area contributed by atoms with Crippen LogP contribution in [0.2, 0.25) is 0 Å². The normalized spacial score (nSPS) is 17.8. The molecule has 0 radical (unpaired) electrons. The van der Waals surface area contributed by atoms with Gasteiger partial charge in [0.1, 0.15) is 6.10 Å². The van der Waals surface area contributed by atoms with Crippen LogP contribution in [0.25, 0.3) is 5.13 Å². The number of ether oxygens (including phenoxy) is 1. The predicted octanol–water partition coefficient (Wildman–Crippen LogP) is 3.54. The number of aromatic amines is 1. The standard InChI is InChI=1S/C16H18N6OS2/c1-10-8-12(11(2)21(10)16-17-5-7-25-16)9-18-22-14(19-20-15(22)24)13-4-3-6-23-13/h5,7-9,13H,3-4,6H2,1-2H3,(H,20,24)/b18-9-/t13-/m0/s1. The molecule has 130 valence electrons. The highest BCUT2D eigenvalue weighted by atomic mass is 32.1. The van der Waals surface area contributed by atoms with Gasteiger partial charge in [-0.25, -0.2) is 4.98 Å².